The molecule has 0 heterocycles. The molecule has 0 unspecified atom stereocenters. The van der Waals surface area contributed by atoms with Crippen molar-refractivity contribution in [3.8, 4) is 5.75 Å². The van der Waals surface area contributed by atoms with Crippen LogP contribution in [0.4, 0.5) is 36.8 Å². The van der Waals surface area contributed by atoms with Crippen LogP contribution >= 0.6 is 0 Å². The largest absolute Gasteiger partial charge is 0.463 e. The van der Waals surface area contributed by atoms with E-state index in [0.29, 0.717) is 18.2 Å². The van der Waals surface area contributed by atoms with Gasteiger partial charge in [-0.05, 0) is 44.9 Å². The van der Waals surface area contributed by atoms with E-state index in [0.717, 1.165) is 12.7 Å². The zero-order chi connectivity index (χ0) is 31.5. The smallest absolute Gasteiger partial charge is 0.461 e. The average molecular weight is 599 g/mol. The average Bonchev–Trinajstić information content (AvgIpc) is 3.70. The summed E-state index contributed by atoms with van der Waals surface area (Å²) >= 11 is 0. The molecule has 1 aliphatic carbocycles. The number of anilines is 1. The van der Waals surface area contributed by atoms with E-state index in [1.165, 1.54) is 17.7 Å². The Morgan fingerprint density at radius 1 is 0.857 bits per heavy atom. The number of nitrogens with one attached hydrogen (secondary N) is 2. The number of urea groups is 1. The number of halogens is 6. The monoisotopic (exact) mass is 598 g/mol. The first-order valence-electron chi connectivity index (χ1n) is 12.3. The SMILES string of the molecule is COC(=O)C(=O)C1(NC(=O)Nc2cc(F)cc(OC(F)(F)C(F)F)c2)CC1.Cc1ccc(F)cc1.Cc1ccccc1. The van der Waals surface area contributed by atoms with Gasteiger partial charge in [-0.15, -0.1) is 0 Å². The molecule has 1 fully saturated rings. The number of carbonyl (C=O) groups is 3. The lowest BCUT2D eigenvalue weighted by Crippen LogP contribution is -2.48. The number of hydrogen-bond donors (Lipinski definition) is 2. The third-order valence-corrected chi connectivity index (χ3v) is 5.50. The Balaban J connectivity index is 0.000000330. The third-order valence-electron chi connectivity index (χ3n) is 5.50. The molecule has 3 aromatic rings. The zero-order valence-corrected chi connectivity index (χ0v) is 22.7. The van der Waals surface area contributed by atoms with Gasteiger partial charge in [0.1, 0.15) is 22.9 Å². The maximum atomic E-state index is 13.5. The first kappa shape index (κ1) is 33.7. The van der Waals surface area contributed by atoms with Crippen LogP contribution in [0.1, 0.15) is 24.0 Å². The van der Waals surface area contributed by atoms with E-state index in [1.807, 2.05) is 30.4 Å². The van der Waals surface area contributed by atoms with E-state index in [-0.39, 0.29) is 18.7 Å². The zero-order valence-electron chi connectivity index (χ0n) is 22.7. The molecule has 0 saturated heterocycles. The minimum atomic E-state index is -4.86. The molecular weight excluding hydrogens is 570 g/mol. The second-order valence-corrected chi connectivity index (χ2v) is 9.07. The Morgan fingerprint density at radius 2 is 1.43 bits per heavy atom. The molecule has 2 N–H and O–H groups in total. The summed E-state index contributed by atoms with van der Waals surface area (Å²) in [5.41, 5.74) is 0.537. The molecule has 0 radical (unpaired) electrons. The highest BCUT2D eigenvalue weighted by molar-refractivity contribution is 6.38. The van der Waals surface area contributed by atoms with Crippen molar-refractivity contribution in [2.45, 2.75) is 44.8 Å². The van der Waals surface area contributed by atoms with Crippen LogP contribution in [0.5, 0.6) is 5.75 Å². The van der Waals surface area contributed by atoms with E-state index < -0.39 is 53.1 Å². The fourth-order valence-corrected chi connectivity index (χ4v) is 3.16. The summed E-state index contributed by atoms with van der Waals surface area (Å²) in [6.45, 7) is 4.01. The highest BCUT2D eigenvalue weighted by Crippen LogP contribution is 2.37. The van der Waals surface area contributed by atoms with Crippen molar-refractivity contribution in [3.05, 3.63) is 95.6 Å². The van der Waals surface area contributed by atoms with Crippen LogP contribution in [0.3, 0.4) is 0 Å². The number of esters is 1. The van der Waals surface area contributed by atoms with Crippen molar-refractivity contribution < 1.29 is 50.2 Å². The van der Waals surface area contributed by atoms with Crippen LogP contribution in [-0.2, 0) is 14.3 Å². The lowest BCUT2D eigenvalue weighted by atomic mass is 10.1. The van der Waals surface area contributed by atoms with Crippen LogP contribution in [0.15, 0.2) is 72.8 Å². The van der Waals surface area contributed by atoms with Crippen LogP contribution in [-0.4, -0.2) is 43.0 Å². The molecule has 4 rings (SSSR count). The van der Waals surface area contributed by atoms with Gasteiger partial charge in [0.15, 0.2) is 0 Å². The fourth-order valence-electron chi connectivity index (χ4n) is 3.16. The van der Waals surface area contributed by atoms with Gasteiger partial charge < -0.3 is 20.1 Å². The summed E-state index contributed by atoms with van der Waals surface area (Å²) in [5.74, 6) is -4.43. The number of Topliss-reactive ketones (excluding diaryl/α,β-unsaturated/α-hetero) is 1. The van der Waals surface area contributed by atoms with Gasteiger partial charge in [-0.1, -0.05) is 53.6 Å². The molecule has 3 aromatic carbocycles. The second kappa shape index (κ2) is 14.9. The van der Waals surface area contributed by atoms with Gasteiger partial charge in [-0.3, -0.25) is 4.79 Å². The van der Waals surface area contributed by atoms with Crippen LogP contribution in [0.25, 0.3) is 0 Å². The second-order valence-electron chi connectivity index (χ2n) is 9.07. The van der Waals surface area contributed by atoms with Crippen molar-refractivity contribution in [2.24, 2.45) is 0 Å². The lowest BCUT2D eigenvalue weighted by molar-refractivity contribution is -0.253. The first-order chi connectivity index (χ1) is 19.7. The Morgan fingerprint density at radius 3 is 1.88 bits per heavy atom. The normalized spacial score (nSPS) is 12.9. The Bertz CT molecular complexity index is 1330. The van der Waals surface area contributed by atoms with E-state index in [1.54, 1.807) is 12.1 Å². The minimum absolute atomic E-state index is 0.159. The number of amides is 2. The summed E-state index contributed by atoms with van der Waals surface area (Å²) in [5, 5.41) is 4.24. The van der Waals surface area contributed by atoms with Crippen molar-refractivity contribution in [3.63, 3.8) is 0 Å². The van der Waals surface area contributed by atoms with E-state index in [9.17, 15) is 40.7 Å². The summed E-state index contributed by atoms with van der Waals surface area (Å²) in [6.07, 6.45) is -8.70. The van der Waals surface area contributed by atoms with Gasteiger partial charge in [0.05, 0.1) is 7.11 Å². The number of methoxy groups -OCH3 is 1. The molecule has 42 heavy (non-hydrogen) atoms. The van der Waals surface area contributed by atoms with Gasteiger partial charge in [0, 0.05) is 17.8 Å². The molecular formula is C29H28F6N2O5. The maximum absolute atomic E-state index is 13.5. The van der Waals surface area contributed by atoms with Crippen LogP contribution in [0, 0.1) is 25.5 Å². The van der Waals surface area contributed by atoms with Crippen molar-refractivity contribution in [1.29, 1.82) is 0 Å². The highest BCUT2D eigenvalue weighted by Gasteiger charge is 2.54. The number of hydrogen-bond acceptors (Lipinski definition) is 5. The lowest BCUT2D eigenvalue weighted by Gasteiger charge is -2.18. The molecule has 0 aromatic heterocycles. The topological polar surface area (TPSA) is 93.7 Å². The summed E-state index contributed by atoms with van der Waals surface area (Å²) in [4.78, 5) is 35.0. The van der Waals surface area contributed by atoms with Crippen LogP contribution < -0.4 is 15.4 Å². The molecule has 226 valence electrons. The molecule has 0 atom stereocenters. The Hall–Kier alpha value is -4.55. The molecule has 7 nitrogen and oxygen atoms in total. The molecule has 1 saturated carbocycles. The number of aryl methyl sites for hydroxylation is 2. The standard InChI is InChI=1S/C15H13F5N2O5.C7H7F.C7H8/c1-26-11(24)10(23)14(2-3-14)22-13(25)21-8-4-7(16)5-9(6-8)27-15(19,20)12(17)18;1-6-2-4-7(8)5-3-6;1-7-5-3-2-4-6-7/h4-6,12H,2-3H2,1H3,(H2,21,22,25);2-5H,1H3;2-6H,1H3. The van der Waals surface area contributed by atoms with Gasteiger partial charge >= 0.3 is 24.5 Å². The number of ether oxygens (including phenoxy) is 2. The van der Waals surface area contributed by atoms with Gasteiger partial charge in [0.25, 0.3) is 5.78 Å². The molecule has 2 amide bonds. The molecule has 0 spiro atoms. The number of ketones is 1. The molecule has 1 aliphatic rings. The van der Waals surface area contributed by atoms with Gasteiger partial charge in [-0.2, -0.15) is 17.6 Å². The summed E-state index contributed by atoms with van der Waals surface area (Å²) in [7, 11) is 0.986. The number of alkyl halides is 4. The van der Waals surface area contributed by atoms with Crippen LogP contribution in [0.2, 0.25) is 0 Å². The number of rotatable bonds is 7. The van der Waals surface area contributed by atoms with Gasteiger partial charge in [-0.25, -0.2) is 18.4 Å². The molecule has 13 heteroatoms. The van der Waals surface area contributed by atoms with Crippen molar-refractivity contribution in [2.75, 3.05) is 12.4 Å². The fraction of sp³-hybridized carbons (Fsp3) is 0.276. The quantitative estimate of drug-likeness (QED) is 0.182. The predicted octanol–water partition coefficient (Wildman–Crippen LogP) is 6.59. The maximum Gasteiger partial charge on any atom is 0.461 e. The minimum Gasteiger partial charge on any atom is -0.463 e. The third kappa shape index (κ3) is 10.8. The van der Waals surface area contributed by atoms with E-state index in [2.05, 4.69) is 33.8 Å². The predicted molar refractivity (Wildman–Crippen MR) is 141 cm³/mol. The van der Waals surface area contributed by atoms with Crippen molar-refractivity contribution >= 4 is 23.5 Å². The Labute approximate surface area is 237 Å². The number of carbonyl (C=O) groups excluding carboxylic acids is 3. The Kier molecular flexibility index (Phi) is 11.9. The molecule has 0 aliphatic heterocycles. The van der Waals surface area contributed by atoms with Crippen molar-refractivity contribution in [1.82, 2.24) is 5.32 Å². The number of benzene rings is 3. The van der Waals surface area contributed by atoms with E-state index >= 15 is 0 Å². The summed E-state index contributed by atoms with van der Waals surface area (Å²) < 4.78 is 83.7. The van der Waals surface area contributed by atoms with E-state index in [4.69, 9.17) is 0 Å². The van der Waals surface area contributed by atoms with Gasteiger partial charge in [0.2, 0.25) is 0 Å². The molecule has 0 bridgehead atoms. The first-order valence-corrected chi connectivity index (χ1v) is 12.3. The summed E-state index contributed by atoms with van der Waals surface area (Å²) in [6, 6.07) is 17.4. The highest BCUT2D eigenvalue weighted by atomic mass is 19.3.